The first-order chi connectivity index (χ1) is 16.4. The minimum Gasteiger partial charge on any atom is -0.348 e. The first-order valence-corrected chi connectivity index (χ1v) is 14.5. The maximum absolute atomic E-state index is 12.1. The molecule has 0 aliphatic rings. The van der Waals surface area contributed by atoms with Crippen molar-refractivity contribution in [2.45, 2.75) is 148 Å². The zero-order chi connectivity index (χ0) is 25.3. The van der Waals surface area contributed by atoms with Crippen molar-refractivity contribution in [3.8, 4) is 0 Å². The molecule has 34 heavy (non-hydrogen) atoms. The Morgan fingerprint density at radius 2 is 0.912 bits per heavy atom. The van der Waals surface area contributed by atoms with Crippen molar-refractivity contribution in [1.29, 1.82) is 0 Å². The van der Waals surface area contributed by atoms with E-state index in [1.54, 1.807) is 0 Å². The van der Waals surface area contributed by atoms with Crippen LogP contribution in [0, 0.1) is 0 Å². The molecule has 0 atom stereocenters. The second-order valence-electron chi connectivity index (χ2n) is 9.96. The highest BCUT2D eigenvalue weighted by atomic mass is 19.4. The van der Waals surface area contributed by atoms with Crippen LogP contribution in [0.1, 0.15) is 142 Å². The van der Waals surface area contributed by atoms with Crippen LogP contribution in [0.4, 0.5) is 13.2 Å². The van der Waals surface area contributed by atoms with E-state index < -0.39 is 12.1 Å². The normalized spacial score (nSPS) is 11.9. The van der Waals surface area contributed by atoms with Gasteiger partial charge >= 0.3 is 12.1 Å². The number of rotatable bonds is 25. The molecule has 0 fully saturated rings. The van der Waals surface area contributed by atoms with E-state index in [4.69, 9.17) is 0 Å². The van der Waals surface area contributed by atoms with Crippen molar-refractivity contribution in [3.05, 3.63) is 0 Å². The minimum atomic E-state index is -4.76. The molecule has 0 aromatic heterocycles. The number of halogens is 3. The summed E-state index contributed by atoms with van der Waals surface area (Å²) in [5.74, 6) is -1.83. The van der Waals surface area contributed by atoms with Crippen LogP contribution in [0.2, 0.25) is 0 Å². The van der Waals surface area contributed by atoms with Gasteiger partial charge in [0.15, 0.2) is 0 Å². The third-order valence-corrected chi connectivity index (χ3v) is 6.60. The molecule has 0 aromatic carbocycles. The monoisotopic (exact) mass is 492 g/mol. The van der Waals surface area contributed by atoms with Crippen LogP contribution >= 0.6 is 0 Å². The van der Waals surface area contributed by atoms with E-state index in [9.17, 15) is 18.0 Å². The third kappa shape index (κ3) is 23.0. The molecule has 6 heteroatoms. The molecule has 204 valence electrons. The Kier molecular flexibility index (Phi) is 23.4. The van der Waals surface area contributed by atoms with Gasteiger partial charge in [-0.2, -0.15) is 13.2 Å². The number of hydrogen-bond acceptors (Lipinski definition) is 2. The fourth-order valence-corrected chi connectivity index (χ4v) is 4.36. The van der Waals surface area contributed by atoms with E-state index in [0.717, 1.165) is 19.3 Å². The highest BCUT2D eigenvalue weighted by Crippen LogP contribution is 2.15. The Balaban J connectivity index is 3.56. The van der Waals surface area contributed by atoms with E-state index in [1.807, 2.05) is 5.32 Å². The highest BCUT2D eigenvalue weighted by Gasteiger charge is 2.38. The number of alkyl halides is 3. The summed E-state index contributed by atoms with van der Waals surface area (Å²) < 4.78 is 36.2. The molecule has 1 N–H and O–H groups in total. The van der Waals surface area contributed by atoms with Crippen LogP contribution in [0.5, 0.6) is 0 Å². The summed E-state index contributed by atoms with van der Waals surface area (Å²) in [6.07, 6.45) is 20.3. The molecule has 0 spiro atoms. The Labute approximate surface area is 209 Å². The predicted molar refractivity (Wildman–Crippen MR) is 139 cm³/mol. The quantitative estimate of drug-likeness (QED) is 0.129. The van der Waals surface area contributed by atoms with Crippen molar-refractivity contribution in [3.63, 3.8) is 0 Å². The molecule has 0 aliphatic carbocycles. The summed E-state index contributed by atoms with van der Waals surface area (Å²) >= 11 is 0. The number of amides is 1. The van der Waals surface area contributed by atoms with Crippen molar-refractivity contribution in [2.24, 2.45) is 0 Å². The smallest absolute Gasteiger partial charge is 0.348 e. The second kappa shape index (κ2) is 23.9. The van der Waals surface area contributed by atoms with Gasteiger partial charge in [0.25, 0.3) is 0 Å². The lowest BCUT2D eigenvalue weighted by Gasteiger charge is -2.22. The van der Waals surface area contributed by atoms with Gasteiger partial charge < -0.3 is 10.2 Å². The van der Waals surface area contributed by atoms with Crippen LogP contribution in [-0.4, -0.2) is 43.2 Å². The largest absolute Gasteiger partial charge is 0.471 e. The van der Waals surface area contributed by atoms with E-state index >= 15 is 0 Å². The average molecular weight is 493 g/mol. The van der Waals surface area contributed by atoms with Crippen LogP contribution < -0.4 is 5.32 Å². The Morgan fingerprint density at radius 3 is 1.32 bits per heavy atom. The number of carbonyl (C=O) groups excluding carboxylic acids is 1. The van der Waals surface area contributed by atoms with Crippen LogP contribution in [-0.2, 0) is 4.79 Å². The molecule has 0 radical (unpaired) electrons. The summed E-state index contributed by atoms with van der Waals surface area (Å²) in [6, 6.07) is 0. The van der Waals surface area contributed by atoms with Gasteiger partial charge in [-0.25, -0.2) is 0 Å². The van der Waals surface area contributed by atoms with E-state index in [-0.39, 0.29) is 6.54 Å². The molecule has 3 nitrogen and oxygen atoms in total. The highest BCUT2D eigenvalue weighted by molar-refractivity contribution is 5.81. The van der Waals surface area contributed by atoms with Crippen LogP contribution in [0.15, 0.2) is 0 Å². The van der Waals surface area contributed by atoms with Crippen LogP contribution in [0.3, 0.4) is 0 Å². The van der Waals surface area contributed by atoms with Gasteiger partial charge in [0, 0.05) is 6.54 Å². The van der Waals surface area contributed by atoms with Crippen LogP contribution in [0.25, 0.3) is 0 Å². The Bertz CT molecular complexity index is 444. The molecule has 0 rings (SSSR count). The first-order valence-electron chi connectivity index (χ1n) is 14.5. The molecule has 0 bridgehead atoms. The van der Waals surface area contributed by atoms with Gasteiger partial charge in [0.2, 0.25) is 0 Å². The molecular formula is C28H55F3N2O. The number of nitrogens with one attached hydrogen (secondary N) is 1. The summed E-state index contributed by atoms with van der Waals surface area (Å²) in [7, 11) is 0. The Hall–Kier alpha value is -0.780. The molecule has 0 heterocycles. The fraction of sp³-hybridized carbons (Fsp3) is 0.964. The van der Waals surface area contributed by atoms with Crippen molar-refractivity contribution in [1.82, 2.24) is 10.2 Å². The summed E-state index contributed by atoms with van der Waals surface area (Å²) in [4.78, 5) is 13.4. The lowest BCUT2D eigenvalue weighted by atomic mass is 10.1. The fourth-order valence-electron chi connectivity index (χ4n) is 4.36. The molecule has 0 unspecified atom stereocenters. The number of nitrogens with zero attached hydrogens (tertiary/aromatic N) is 1. The maximum Gasteiger partial charge on any atom is 0.471 e. The predicted octanol–water partition coefficient (Wildman–Crippen LogP) is 8.81. The number of carbonyl (C=O) groups is 1. The van der Waals surface area contributed by atoms with Gasteiger partial charge in [-0.1, -0.05) is 117 Å². The molecule has 0 saturated heterocycles. The van der Waals surface area contributed by atoms with Crippen molar-refractivity contribution < 1.29 is 18.0 Å². The minimum absolute atomic E-state index is 0.117. The lowest BCUT2D eigenvalue weighted by Crippen LogP contribution is -2.37. The van der Waals surface area contributed by atoms with Crippen molar-refractivity contribution >= 4 is 5.91 Å². The Morgan fingerprint density at radius 1 is 0.559 bits per heavy atom. The van der Waals surface area contributed by atoms with E-state index in [1.165, 1.54) is 122 Å². The third-order valence-electron chi connectivity index (χ3n) is 6.60. The van der Waals surface area contributed by atoms with Gasteiger partial charge in [0.05, 0.1) is 0 Å². The summed E-state index contributed by atoms with van der Waals surface area (Å²) in [5, 5.41) is 1.93. The van der Waals surface area contributed by atoms with Gasteiger partial charge in [-0.3, -0.25) is 4.79 Å². The zero-order valence-electron chi connectivity index (χ0n) is 22.5. The van der Waals surface area contributed by atoms with Gasteiger partial charge in [-0.05, 0) is 45.3 Å². The van der Waals surface area contributed by atoms with Gasteiger partial charge in [0.1, 0.15) is 0 Å². The lowest BCUT2D eigenvalue weighted by molar-refractivity contribution is -0.173. The molecule has 1 amide bonds. The van der Waals surface area contributed by atoms with E-state index in [0.29, 0.717) is 6.42 Å². The standard InChI is InChI=1S/C28H55F3N2O/c1-3-5-7-8-9-12-15-18-21-25-33(24-6-4-2)26-22-19-16-13-10-11-14-17-20-23-32-27(34)28(29,30)31/h3-26H2,1-2H3,(H,32,34). The van der Waals surface area contributed by atoms with Gasteiger partial charge in [-0.15, -0.1) is 0 Å². The second-order valence-corrected chi connectivity index (χ2v) is 9.96. The number of unbranched alkanes of at least 4 members (excludes halogenated alkanes) is 17. The summed E-state index contributed by atoms with van der Waals surface area (Å²) in [5.41, 5.74) is 0. The molecular weight excluding hydrogens is 437 g/mol. The number of hydrogen-bond donors (Lipinski definition) is 1. The molecule has 0 aromatic rings. The van der Waals surface area contributed by atoms with Crippen molar-refractivity contribution in [2.75, 3.05) is 26.2 Å². The van der Waals surface area contributed by atoms with E-state index in [2.05, 4.69) is 18.7 Å². The molecule has 0 saturated carbocycles. The first kappa shape index (κ1) is 33.2. The average Bonchev–Trinajstić information content (AvgIpc) is 2.80. The SMILES string of the molecule is CCCCCCCCCCCN(CCCC)CCCCCCCCCCCNC(=O)C(F)(F)F. The topological polar surface area (TPSA) is 32.3 Å². The maximum atomic E-state index is 12.1. The molecule has 0 aliphatic heterocycles. The zero-order valence-corrected chi connectivity index (χ0v) is 22.5. The summed E-state index contributed by atoms with van der Waals surface area (Å²) in [6.45, 7) is 8.41.